The number of amides is 1. The largest absolute Gasteiger partial charge is 0.496 e. The number of ether oxygens (including phenoxy) is 1. The standard InChI is InChI=1S/C20H24N4O2/c1-26-18-7-3-2-6-16(18)20(25)24-10-8-17-15(13-24)12-22-19(23-17)14-5-4-9-21-11-14/h2-3,6-7,12,14,21H,4-5,8-11,13H2,1H3/t14-/m1/s1. The van der Waals surface area contributed by atoms with Gasteiger partial charge in [0.2, 0.25) is 0 Å². The van der Waals surface area contributed by atoms with Gasteiger partial charge in [0, 0.05) is 43.7 Å². The summed E-state index contributed by atoms with van der Waals surface area (Å²) in [6, 6.07) is 7.36. The maximum Gasteiger partial charge on any atom is 0.257 e. The van der Waals surface area contributed by atoms with E-state index in [1.54, 1.807) is 7.11 Å². The van der Waals surface area contributed by atoms with E-state index in [2.05, 4.69) is 10.3 Å². The molecule has 0 spiro atoms. The van der Waals surface area contributed by atoms with Gasteiger partial charge in [-0.2, -0.15) is 0 Å². The van der Waals surface area contributed by atoms with Gasteiger partial charge in [0.15, 0.2) is 0 Å². The van der Waals surface area contributed by atoms with Crippen molar-refractivity contribution in [3.8, 4) is 5.75 Å². The average molecular weight is 352 g/mol. The summed E-state index contributed by atoms with van der Waals surface area (Å²) in [5.41, 5.74) is 2.74. The molecule has 1 aromatic heterocycles. The summed E-state index contributed by atoms with van der Waals surface area (Å²) in [6.45, 7) is 3.26. The van der Waals surface area contributed by atoms with E-state index in [9.17, 15) is 4.79 Å². The second-order valence-corrected chi connectivity index (χ2v) is 6.92. The Morgan fingerprint density at radius 3 is 3.04 bits per heavy atom. The highest BCUT2D eigenvalue weighted by Crippen LogP contribution is 2.25. The highest BCUT2D eigenvalue weighted by molar-refractivity contribution is 5.97. The van der Waals surface area contributed by atoms with Gasteiger partial charge >= 0.3 is 0 Å². The molecular weight excluding hydrogens is 328 g/mol. The van der Waals surface area contributed by atoms with Crippen molar-refractivity contribution in [2.75, 3.05) is 26.7 Å². The summed E-state index contributed by atoms with van der Waals surface area (Å²) < 4.78 is 5.33. The molecule has 1 aromatic carbocycles. The van der Waals surface area contributed by atoms with Crippen LogP contribution in [0.2, 0.25) is 0 Å². The third kappa shape index (κ3) is 3.29. The van der Waals surface area contributed by atoms with Crippen molar-refractivity contribution in [1.82, 2.24) is 20.2 Å². The fraction of sp³-hybridized carbons (Fsp3) is 0.450. The zero-order valence-corrected chi connectivity index (χ0v) is 15.1. The van der Waals surface area contributed by atoms with Gasteiger partial charge < -0.3 is 15.0 Å². The Labute approximate surface area is 153 Å². The zero-order chi connectivity index (χ0) is 17.9. The molecule has 2 aromatic rings. The Bertz CT molecular complexity index is 802. The van der Waals surface area contributed by atoms with Crippen molar-refractivity contribution in [2.24, 2.45) is 0 Å². The van der Waals surface area contributed by atoms with E-state index in [4.69, 9.17) is 9.72 Å². The Morgan fingerprint density at radius 1 is 1.35 bits per heavy atom. The van der Waals surface area contributed by atoms with Crippen molar-refractivity contribution in [3.05, 3.63) is 53.1 Å². The summed E-state index contributed by atoms with van der Waals surface area (Å²) >= 11 is 0. The first-order valence-corrected chi connectivity index (χ1v) is 9.24. The van der Waals surface area contributed by atoms with Crippen LogP contribution in [0.4, 0.5) is 0 Å². The number of methoxy groups -OCH3 is 1. The van der Waals surface area contributed by atoms with Crippen LogP contribution in [0.25, 0.3) is 0 Å². The number of para-hydroxylation sites is 1. The molecule has 1 N–H and O–H groups in total. The topological polar surface area (TPSA) is 67.3 Å². The third-order valence-electron chi connectivity index (χ3n) is 5.24. The number of rotatable bonds is 3. The van der Waals surface area contributed by atoms with Crippen molar-refractivity contribution in [3.63, 3.8) is 0 Å². The SMILES string of the molecule is COc1ccccc1C(=O)N1CCc2nc([C@@H]3CCCNC3)ncc2C1. The summed E-state index contributed by atoms with van der Waals surface area (Å²) in [5, 5.41) is 3.42. The van der Waals surface area contributed by atoms with Crippen LogP contribution in [-0.4, -0.2) is 47.5 Å². The van der Waals surface area contributed by atoms with Gasteiger partial charge in [-0.05, 0) is 31.5 Å². The summed E-state index contributed by atoms with van der Waals surface area (Å²) in [7, 11) is 1.59. The van der Waals surface area contributed by atoms with Gasteiger partial charge in [-0.1, -0.05) is 12.1 Å². The van der Waals surface area contributed by atoms with Crippen LogP contribution >= 0.6 is 0 Å². The van der Waals surface area contributed by atoms with Gasteiger partial charge in [-0.3, -0.25) is 4.79 Å². The molecule has 26 heavy (non-hydrogen) atoms. The molecule has 4 rings (SSSR count). The van der Waals surface area contributed by atoms with Crippen LogP contribution in [0.5, 0.6) is 5.75 Å². The van der Waals surface area contributed by atoms with Gasteiger partial charge in [-0.15, -0.1) is 0 Å². The maximum absolute atomic E-state index is 12.9. The lowest BCUT2D eigenvalue weighted by Gasteiger charge is -2.29. The summed E-state index contributed by atoms with van der Waals surface area (Å²) in [5.74, 6) is 1.95. The van der Waals surface area contributed by atoms with Gasteiger partial charge in [0.05, 0.1) is 18.4 Å². The molecule has 1 saturated heterocycles. The molecule has 2 aliphatic heterocycles. The molecule has 6 heteroatoms. The first-order valence-electron chi connectivity index (χ1n) is 9.24. The van der Waals surface area contributed by atoms with Crippen LogP contribution in [-0.2, 0) is 13.0 Å². The van der Waals surface area contributed by atoms with E-state index in [1.165, 1.54) is 6.42 Å². The maximum atomic E-state index is 12.9. The molecule has 0 aliphatic carbocycles. The molecule has 2 aliphatic rings. The van der Waals surface area contributed by atoms with E-state index >= 15 is 0 Å². The Balaban J connectivity index is 1.52. The van der Waals surface area contributed by atoms with Crippen LogP contribution < -0.4 is 10.1 Å². The predicted molar refractivity (Wildman–Crippen MR) is 98.3 cm³/mol. The van der Waals surface area contributed by atoms with Crippen LogP contribution in [0.1, 0.15) is 46.2 Å². The van der Waals surface area contributed by atoms with E-state index in [-0.39, 0.29) is 5.91 Å². The lowest BCUT2D eigenvalue weighted by Crippen LogP contribution is -2.37. The number of hydrogen-bond acceptors (Lipinski definition) is 5. The molecule has 136 valence electrons. The Kier molecular flexibility index (Phi) is 4.84. The molecule has 0 radical (unpaired) electrons. The number of piperidine rings is 1. The fourth-order valence-corrected chi connectivity index (χ4v) is 3.77. The molecule has 1 amide bonds. The predicted octanol–water partition coefficient (Wildman–Crippen LogP) is 2.15. The number of hydrogen-bond donors (Lipinski definition) is 1. The van der Waals surface area contributed by atoms with E-state index < -0.39 is 0 Å². The number of fused-ring (bicyclic) bond motifs is 1. The minimum absolute atomic E-state index is 0.00587. The third-order valence-corrected chi connectivity index (χ3v) is 5.24. The van der Waals surface area contributed by atoms with Crippen molar-refractivity contribution in [1.29, 1.82) is 0 Å². The second-order valence-electron chi connectivity index (χ2n) is 6.92. The number of carbonyl (C=O) groups excluding carboxylic acids is 1. The Morgan fingerprint density at radius 2 is 2.23 bits per heavy atom. The van der Waals surface area contributed by atoms with E-state index in [1.807, 2.05) is 35.4 Å². The molecular formula is C20H24N4O2. The number of carbonyl (C=O) groups is 1. The quantitative estimate of drug-likeness (QED) is 0.917. The highest BCUT2D eigenvalue weighted by Gasteiger charge is 2.26. The highest BCUT2D eigenvalue weighted by atomic mass is 16.5. The van der Waals surface area contributed by atoms with Gasteiger partial charge in [0.1, 0.15) is 11.6 Å². The van der Waals surface area contributed by atoms with Crippen LogP contribution in [0.3, 0.4) is 0 Å². The molecule has 0 bridgehead atoms. The number of nitrogens with one attached hydrogen (secondary N) is 1. The Hall–Kier alpha value is -2.47. The first kappa shape index (κ1) is 17.0. The number of nitrogens with zero attached hydrogens (tertiary/aromatic N) is 3. The van der Waals surface area contributed by atoms with E-state index in [0.29, 0.717) is 30.3 Å². The molecule has 1 atom stereocenters. The monoisotopic (exact) mass is 352 g/mol. The van der Waals surface area contributed by atoms with Crippen molar-refractivity contribution in [2.45, 2.75) is 31.7 Å². The van der Waals surface area contributed by atoms with Crippen molar-refractivity contribution >= 4 is 5.91 Å². The summed E-state index contributed by atoms with van der Waals surface area (Å²) in [4.78, 5) is 24.2. The van der Waals surface area contributed by atoms with E-state index in [0.717, 1.165) is 43.0 Å². The summed E-state index contributed by atoms with van der Waals surface area (Å²) in [6.07, 6.45) is 5.00. The lowest BCUT2D eigenvalue weighted by atomic mass is 9.98. The minimum atomic E-state index is -0.00587. The normalized spacial score (nSPS) is 19.7. The average Bonchev–Trinajstić information content (AvgIpc) is 2.73. The van der Waals surface area contributed by atoms with Gasteiger partial charge in [0.25, 0.3) is 5.91 Å². The second kappa shape index (κ2) is 7.41. The smallest absolute Gasteiger partial charge is 0.257 e. The minimum Gasteiger partial charge on any atom is -0.496 e. The first-order chi connectivity index (χ1) is 12.8. The lowest BCUT2D eigenvalue weighted by molar-refractivity contribution is 0.0729. The molecule has 3 heterocycles. The molecule has 6 nitrogen and oxygen atoms in total. The zero-order valence-electron chi connectivity index (χ0n) is 15.1. The fourth-order valence-electron chi connectivity index (χ4n) is 3.77. The molecule has 0 saturated carbocycles. The van der Waals surface area contributed by atoms with Crippen LogP contribution in [0.15, 0.2) is 30.5 Å². The van der Waals surface area contributed by atoms with Crippen molar-refractivity contribution < 1.29 is 9.53 Å². The molecule has 1 fully saturated rings. The number of benzene rings is 1. The van der Waals surface area contributed by atoms with Gasteiger partial charge in [-0.25, -0.2) is 9.97 Å². The molecule has 0 unspecified atom stereocenters. The number of aromatic nitrogens is 2. The van der Waals surface area contributed by atoms with Crippen LogP contribution in [0, 0.1) is 0 Å².